The summed E-state index contributed by atoms with van der Waals surface area (Å²) in [6.07, 6.45) is 0.424. The van der Waals surface area contributed by atoms with Gasteiger partial charge >= 0.3 is 5.97 Å². The Kier molecular flexibility index (Phi) is 3.85. The Morgan fingerprint density at radius 2 is 1.91 bits per heavy atom. The van der Waals surface area contributed by atoms with E-state index in [1.807, 2.05) is 30.3 Å². The van der Waals surface area contributed by atoms with Crippen LogP contribution in [0.15, 0.2) is 64.0 Å². The number of rotatable bonds is 4. The summed E-state index contributed by atoms with van der Waals surface area (Å²) in [6, 6.07) is 13.9. The van der Waals surface area contributed by atoms with Crippen LogP contribution in [0.3, 0.4) is 0 Å². The van der Waals surface area contributed by atoms with Crippen molar-refractivity contribution in [1.82, 2.24) is 0 Å². The van der Waals surface area contributed by atoms with Crippen LogP contribution in [0.1, 0.15) is 6.92 Å². The lowest BCUT2D eigenvalue weighted by Crippen LogP contribution is -2.22. The molecule has 3 rings (SSSR count). The Morgan fingerprint density at radius 1 is 1.17 bits per heavy atom. The van der Waals surface area contributed by atoms with Crippen LogP contribution in [-0.4, -0.2) is 17.2 Å². The zero-order valence-corrected chi connectivity index (χ0v) is 12.4. The number of hydrogen-bond donors (Lipinski definition) is 1. The van der Waals surface area contributed by atoms with Gasteiger partial charge in [0.05, 0.1) is 10.9 Å². The van der Waals surface area contributed by atoms with Crippen LogP contribution in [-0.2, 0) is 4.79 Å². The van der Waals surface area contributed by atoms with Gasteiger partial charge in [-0.3, -0.25) is 4.79 Å². The molecule has 23 heavy (non-hydrogen) atoms. The molecule has 0 saturated heterocycles. The quantitative estimate of drug-likeness (QED) is 0.800. The molecule has 0 aliphatic carbocycles. The molecule has 116 valence electrons. The molecule has 5 heteroatoms. The summed E-state index contributed by atoms with van der Waals surface area (Å²) >= 11 is 0. The van der Waals surface area contributed by atoms with E-state index in [2.05, 4.69) is 0 Å². The summed E-state index contributed by atoms with van der Waals surface area (Å²) in [7, 11) is 0. The highest BCUT2D eigenvalue weighted by atomic mass is 16.5. The second kappa shape index (κ2) is 5.96. The largest absolute Gasteiger partial charge is 0.479 e. The monoisotopic (exact) mass is 310 g/mol. The topological polar surface area (TPSA) is 76.7 Å². The molecule has 3 aromatic rings. The first-order valence-corrected chi connectivity index (χ1v) is 7.06. The van der Waals surface area contributed by atoms with Gasteiger partial charge in [-0.15, -0.1) is 0 Å². The molecule has 5 nitrogen and oxygen atoms in total. The lowest BCUT2D eigenvalue weighted by molar-refractivity contribution is -0.144. The lowest BCUT2D eigenvalue weighted by atomic mass is 10.1. The first-order valence-electron chi connectivity index (χ1n) is 7.06. The van der Waals surface area contributed by atoms with Crippen molar-refractivity contribution < 1.29 is 19.1 Å². The minimum Gasteiger partial charge on any atom is -0.479 e. The summed E-state index contributed by atoms with van der Waals surface area (Å²) in [4.78, 5) is 23.4. The molecule has 1 N–H and O–H groups in total. The van der Waals surface area contributed by atoms with E-state index in [0.29, 0.717) is 22.3 Å². The van der Waals surface area contributed by atoms with Crippen LogP contribution in [0.2, 0.25) is 0 Å². The highest BCUT2D eigenvalue weighted by Gasteiger charge is 2.14. The fourth-order valence-corrected chi connectivity index (χ4v) is 2.25. The minimum absolute atomic E-state index is 0.143. The predicted molar refractivity (Wildman–Crippen MR) is 85.6 cm³/mol. The average Bonchev–Trinajstić information content (AvgIpc) is 2.56. The van der Waals surface area contributed by atoms with Crippen molar-refractivity contribution in [2.75, 3.05) is 0 Å². The maximum Gasteiger partial charge on any atom is 0.344 e. The molecular formula is C18H14O5. The number of carbonyl (C=O) groups is 1. The van der Waals surface area contributed by atoms with E-state index in [1.165, 1.54) is 19.3 Å². The van der Waals surface area contributed by atoms with Crippen LogP contribution < -0.4 is 10.2 Å². The summed E-state index contributed by atoms with van der Waals surface area (Å²) in [5.74, 6) is -0.728. The molecule has 0 unspecified atom stereocenters. The van der Waals surface area contributed by atoms with Crippen LogP contribution >= 0.6 is 0 Å². The summed E-state index contributed by atoms with van der Waals surface area (Å²) < 4.78 is 10.8. The van der Waals surface area contributed by atoms with Gasteiger partial charge in [0, 0.05) is 6.07 Å². The Morgan fingerprint density at radius 3 is 2.61 bits per heavy atom. The number of aliphatic carboxylic acids is 1. The zero-order valence-electron chi connectivity index (χ0n) is 12.4. The molecule has 0 spiro atoms. The Bertz CT molecular complexity index is 912. The minimum atomic E-state index is -1.06. The van der Waals surface area contributed by atoms with E-state index in [0.717, 1.165) is 5.56 Å². The number of carboxylic acids is 1. The van der Waals surface area contributed by atoms with E-state index in [4.69, 9.17) is 14.3 Å². The highest BCUT2D eigenvalue weighted by molar-refractivity contribution is 5.82. The Hall–Kier alpha value is -3.08. The van der Waals surface area contributed by atoms with Gasteiger partial charge < -0.3 is 14.3 Å². The van der Waals surface area contributed by atoms with Crippen molar-refractivity contribution in [1.29, 1.82) is 0 Å². The molecule has 1 aromatic heterocycles. The van der Waals surface area contributed by atoms with E-state index >= 15 is 0 Å². The third-order valence-corrected chi connectivity index (χ3v) is 3.49. The highest BCUT2D eigenvalue weighted by Crippen LogP contribution is 2.23. The molecule has 1 atom stereocenters. The predicted octanol–water partition coefficient (Wildman–Crippen LogP) is 3.31. The molecule has 0 aliphatic rings. The molecule has 0 fully saturated rings. The number of carboxylic acid groups (broad SMARTS) is 1. The number of ether oxygens (including phenoxy) is 1. The zero-order chi connectivity index (χ0) is 16.4. The van der Waals surface area contributed by atoms with Crippen molar-refractivity contribution in [3.8, 4) is 16.9 Å². The molecule has 0 aliphatic heterocycles. The SMILES string of the molecule is C[C@H](Oc1ccc2c(=O)c(-c3ccccc3)coc2c1)C(=O)O. The van der Waals surface area contributed by atoms with Crippen molar-refractivity contribution in [2.24, 2.45) is 0 Å². The van der Waals surface area contributed by atoms with E-state index in [9.17, 15) is 9.59 Å². The standard InChI is InChI=1S/C18H14O5/c1-11(18(20)21)23-13-7-8-14-16(9-13)22-10-15(17(14)19)12-5-3-2-4-6-12/h2-11H,1H3,(H,20,21)/t11-/m0/s1. The summed E-state index contributed by atoms with van der Waals surface area (Å²) in [5, 5.41) is 9.28. The molecule has 1 heterocycles. The van der Waals surface area contributed by atoms with Gasteiger partial charge in [0.25, 0.3) is 0 Å². The summed E-state index contributed by atoms with van der Waals surface area (Å²) in [6.45, 7) is 1.43. The Balaban J connectivity index is 2.03. The third kappa shape index (κ3) is 2.94. The van der Waals surface area contributed by atoms with Crippen molar-refractivity contribution >= 4 is 16.9 Å². The van der Waals surface area contributed by atoms with Crippen LogP contribution in [0.5, 0.6) is 5.75 Å². The first kappa shape index (κ1) is 14.8. The summed E-state index contributed by atoms with van der Waals surface area (Å²) in [5.41, 5.74) is 1.47. The van der Waals surface area contributed by atoms with Gasteiger partial charge in [0.15, 0.2) is 11.5 Å². The smallest absolute Gasteiger partial charge is 0.344 e. The van der Waals surface area contributed by atoms with Crippen molar-refractivity contribution in [3.63, 3.8) is 0 Å². The van der Waals surface area contributed by atoms with Gasteiger partial charge in [0.1, 0.15) is 17.6 Å². The second-order valence-corrected chi connectivity index (χ2v) is 5.10. The number of hydrogen-bond acceptors (Lipinski definition) is 4. The maximum atomic E-state index is 12.6. The fraction of sp³-hybridized carbons (Fsp3) is 0.111. The van der Waals surface area contributed by atoms with E-state index in [-0.39, 0.29) is 5.43 Å². The van der Waals surface area contributed by atoms with Crippen molar-refractivity contribution in [2.45, 2.75) is 13.0 Å². The number of benzene rings is 2. The molecule has 2 aromatic carbocycles. The van der Waals surface area contributed by atoms with Crippen LogP contribution in [0.25, 0.3) is 22.1 Å². The normalized spacial score (nSPS) is 12.0. The Labute approximate surface area is 131 Å². The molecular weight excluding hydrogens is 296 g/mol. The van der Waals surface area contributed by atoms with Crippen molar-refractivity contribution in [3.05, 3.63) is 65.0 Å². The molecule has 0 saturated carbocycles. The van der Waals surface area contributed by atoms with E-state index < -0.39 is 12.1 Å². The van der Waals surface area contributed by atoms with Gasteiger partial charge in [-0.2, -0.15) is 0 Å². The lowest BCUT2D eigenvalue weighted by Gasteiger charge is -2.10. The first-order chi connectivity index (χ1) is 11.1. The van der Waals surface area contributed by atoms with Gasteiger partial charge in [0.2, 0.25) is 0 Å². The third-order valence-electron chi connectivity index (χ3n) is 3.49. The van der Waals surface area contributed by atoms with Gasteiger partial charge in [-0.25, -0.2) is 4.79 Å². The van der Waals surface area contributed by atoms with Crippen LogP contribution in [0.4, 0.5) is 0 Å². The van der Waals surface area contributed by atoms with E-state index in [1.54, 1.807) is 12.1 Å². The molecule has 0 radical (unpaired) electrons. The fourth-order valence-electron chi connectivity index (χ4n) is 2.25. The molecule has 0 amide bonds. The maximum absolute atomic E-state index is 12.6. The second-order valence-electron chi connectivity index (χ2n) is 5.10. The molecule has 0 bridgehead atoms. The van der Waals surface area contributed by atoms with Gasteiger partial charge in [-0.05, 0) is 24.6 Å². The van der Waals surface area contributed by atoms with Gasteiger partial charge in [-0.1, -0.05) is 30.3 Å². The number of fused-ring (bicyclic) bond motifs is 1. The van der Waals surface area contributed by atoms with Crippen LogP contribution in [0, 0.1) is 0 Å². The average molecular weight is 310 g/mol.